The number of hydrogen-bond acceptors (Lipinski definition) is 2. The Morgan fingerprint density at radius 1 is 1.24 bits per heavy atom. The lowest BCUT2D eigenvalue weighted by Crippen LogP contribution is -2.30. The summed E-state index contributed by atoms with van der Waals surface area (Å²) in [6.07, 6.45) is 1.72. The van der Waals surface area contributed by atoms with E-state index < -0.39 is 0 Å². The summed E-state index contributed by atoms with van der Waals surface area (Å²) in [5, 5.41) is 0. The van der Waals surface area contributed by atoms with E-state index in [1.165, 1.54) is 11.3 Å². The number of hydrogen-bond donors (Lipinski definition) is 0. The van der Waals surface area contributed by atoms with Gasteiger partial charge in [-0.2, -0.15) is 0 Å². The van der Waals surface area contributed by atoms with Crippen molar-refractivity contribution in [1.29, 1.82) is 0 Å². The van der Waals surface area contributed by atoms with Gasteiger partial charge in [0, 0.05) is 22.9 Å². The third kappa shape index (κ3) is 4.34. The highest BCUT2D eigenvalue weighted by atomic mass is 35.5. The van der Waals surface area contributed by atoms with E-state index in [0.29, 0.717) is 24.5 Å². The summed E-state index contributed by atoms with van der Waals surface area (Å²) in [5.74, 6) is 0.416. The topological polar surface area (TPSA) is 20.3 Å². The maximum atomic E-state index is 12.6. The van der Waals surface area contributed by atoms with Crippen LogP contribution in [0, 0.1) is 0 Å². The summed E-state index contributed by atoms with van der Waals surface area (Å²) in [6, 6.07) is 11.1. The number of benzene rings is 1. The molecule has 0 spiro atoms. The molecular formula is C16H15Cl2NOS. The van der Waals surface area contributed by atoms with E-state index in [2.05, 4.69) is 6.58 Å². The number of rotatable bonds is 6. The first-order valence-electron chi connectivity index (χ1n) is 6.43. The van der Waals surface area contributed by atoms with Gasteiger partial charge in [0.05, 0.1) is 10.9 Å². The van der Waals surface area contributed by atoms with Crippen LogP contribution in [0.15, 0.2) is 49.1 Å². The van der Waals surface area contributed by atoms with Crippen LogP contribution in [-0.4, -0.2) is 17.4 Å². The highest BCUT2D eigenvalue weighted by molar-refractivity contribution is 7.16. The minimum atomic E-state index is -0.0273. The van der Waals surface area contributed by atoms with Crippen LogP contribution in [0.25, 0.3) is 0 Å². The van der Waals surface area contributed by atoms with Gasteiger partial charge in [-0.3, -0.25) is 4.79 Å². The van der Waals surface area contributed by atoms with Crippen LogP contribution in [-0.2, 0) is 12.4 Å². The Bertz CT molecular complexity index is 621. The lowest BCUT2D eigenvalue weighted by Gasteiger charge is -2.20. The SMILES string of the molecule is C=CCN(Cc1ccc(Cl)s1)C(=O)c1ccc(CCl)cc1. The average Bonchev–Trinajstić information content (AvgIpc) is 2.91. The second kappa shape index (κ2) is 7.64. The van der Waals surface area contributed by atoms with Crippen LogP contribution >= 0.6 is 34.5 Å². The van der Waals surface area contributed by atoms with Crippen LogP contribution in [0.1, 0.15) is 20.8 Å². The Labute approximate surface area is 138 Å². The largest absolute Gasteiger partial charge is 0.330 e. The molecule has 0 aliphatic carbocycles. The normalized spacial score (nSPS) is 10.4. The molecule has 2 nitrogen and oxygen atoms in total. The first kappa shape index (κ1) is 16.1. The van der Waals surface area contributed by atoms with Crippen LogP contribution < -0.4 is 0 Å². The van der Waals surface area contributed by atoms with Crippen LogP contribution in [0.2, 0.25) is 4.34 Å². The molecule has 0 saturated heterocycles. The van der Waals surface area contributed by atoms with Gasteiger partial charge in [-0.25, -0.2) is 0 Å². The predicted octanol–water partition coefficient (Wildman–Crippen LogP) is 4.97. The first-order valence-corrected chi connectivity index (χ1v) is 8.16. The van der Waals surface area contributed by atoms with E-state index in [4.69, 9.17) is 23.2 Å². The minimum absolute atomic E-state index is 0.0273. The van der Waals surface area contributed by atoms with E-state index in [1.807, 2.05) is 24.3 Å². The van der Waals surface area contributed by atoms with Crippen molar-refractivity contribution < 1.29 is 4.79 Å². The lowest BCUT2D eigenvalue weighted by atomic mass is 10.1. The van der Waals surface area contributed by atoms with Gasteiger partial charge in [-0.05, 0) is 29.8 Å². The molecule has 1 amide bonds. The molecule has 1 heterocycles. The number of amides is 1. The first-order chi connectivity index (χ1) is 10.1. The summed E-state index contributed by atoms with van der Waals surface area (Å²) in [7, 11) is 0. The molecule has 0 aliphatic rings. The maximum absolute atomic E-state index is 12.6. The third-order valence-corrected chi connectivity index (χ3v) is 4.49. The van der Waals surface area contributed by atoms with E-state index >= 15 is 0 Å². The Kier molecular flexibility index (Phi) is 5.85. The molecule has 2 rings (SSSR count). The molecular weight excluding hydrogens is 325 g/mol. The predicted molar refractivity (Wildman–Crippen MR) is 90.3 cm³/mol. The van der Waals surface area contributed by atoms with Crippen molar-refractivity contribution >= 4 is 40.4 Å². The third-order valence-electron chi connectivity index (χ3n) is 2.97. The van der Waals surface area contributed by atoms with Crippen molar-refractivity contribution in [2.45, 2.75) is 12.4 Å². The molecule has 0 atom stereocenters. The summed E-state index contributed by atoms with van der Waals surface area (Å²) < 4.78 is 0.725. The lowest BCUT2D eigenvalue weighted by molar-refractivity contribution is 0.0764. The van der Waals surface area contributed by atoms with Gasteiger partial charge < -0.3 is 4.90 Å². The fraction of sp³-hybridized carbons (Fsp3) is 0.188. The number of nitrogens with zero attached hydrogens (tertiary/aromatic N) is 1. The van der Waals surface area contributed by atoms with E-state index in [1.54, 1.807) is 23.1 Å². The fourth-order valence-corrected chi connectivity index (χ4v) is 3.20. The van der Waals surface area contributed by atoms with Crippen molar-refractivity contribution in [3.05, 3.63) is 69.4 Å². The van der Waals surface area contributed by atoms with Crippen molar-refractivity contribution in [3.8, 4) is 0 Å². The Morgan fingerprint density at radius 2 is 1.95 bits per heavy atom. The van der Waals surface area contributed by atoms with Crippen molar-refractivity contribution in [2.24, 2.45) is 0 Å². The molecule has 0 N–H and O–H groups in total. The van der Waals surface area contributed by atoms with Crippen molar-refractivity contribution in [1.82, 2.24) is 4.90 Å². The molecule has 21 heavy (non-hydrogen) atoms. The zero-order valence-corrected chi connectivity index (χ0v) is 13.7. The van der Waals surface area contributed by atoms with E-state index in [9.17, 15) is 4.79 Å². The van der Waals surface area contributed by atoms with E-state index in [-0.39, 0.29) is 5.91 Å². The summed E-state index contributed by atoms with van der Waals surface area (Å²) in [6.45, 7) is 4.74. The molecule has 1 aromatic carbocycles. The Hall–Kier alpha value is -1.29. The number of alkyl halides is 1. The zero-order valence-electron chi connectivity index (χ0n) is 11.4. The van der Waals surface area contributed by atoms with Gasteiger partial charge in [-0.1, -0.05) is 29.8 Å². The van der Waals surface area contributed by atoms with Gasteiger partial charge >= 0.3 is 0 Å². The zero-order chi connectivity index (χ0) is 15.2. The fourth-order valence-electron chi connectivity index (χ4n) is 1.92. The van der Waals surface area contributed by atoms with E-state index in [0.717, 1.165) is 14.8 Å². The molecule has 0 saturated carbocycles. The molecule has 5 heteroatoms. The maximum Gasteiger partial charge on any atom is 0.254 e. The average molecular weight is 340 g/mol. The molecule has 2 aromatic rings. The molecule has 0 unspecified atom stereocenters. The quantitative estimate of drug-likeness (QED) is 0.537. The summed E-state index contributed by atoms with van der Waals surface area (Å²) in [5.41, 5.74) is 1.64. The molecule has 0 fully saturated rings. The number of halogens is 2. The molecule has 1 aromatic heterocycles. The van der Waals surface area contributed by atoms with Crippen LogP contribution in [0.5, 0.6) is 0 Å². The molecule has 110 valence electrons. The van der Waals surface area contributed by atoms with Crippen LogP contribution in [0.4, 0.5) is 0 Å². The van der Waals surface area contributed by atoms with Crippen molar-refractivity contribution in [3.63, 3.8) is 0 Å². The van der Waals surface area contributed by atoms with Crippen molar-refractivity contribution in [2.75, 3.05) is 6.54 Å². The van der Waals surface area contributed by atoms with Gasteiger partial charge in [0.15, 0.2) is 0 Å². The summed E-state index contributed by atoms with van der Waals surface area (Å²) >= 11 is 13.2. The summed E-state index contributed by atoms with van der Waals surface area (Å²) in [4.78, 5) is 15.4. The number of carbonyl (C=O) groups excluding carboxylic acids is 1. The molecule has 0 aliphatic heterocycles. The standard InChI is InChI=1S/C16H15Cl2NOS/c1-2-9-19(11-14-7-8-15(18)21-14)16(20)13-5-3-12(10-17)4-6-13/h2-8H,1,9-11H2. The second-order valence-corrected chi connectivity index (χ2v) is 6.58. The molecule has 0 bridgehead atoms. The molecule has 0 radical (unpaired) electrons. The number of thiophene rings is 1. The smallest absolute Gasteiger partial charge is 0.254 e. The van der Waals surface area contributed by atoms with Gasteiger partial charge in [0.25, 0.3) is 5.91 Å². The monoisotopic (exact) mass is 339 g/mol. The van der Waals surface area contributed by atoms with Gasteiger partial charge in [0.1, 0.15) is 0 Å². The Morgan fingerprint density at radius 3 is 2.48 bits per heavy atom. The van der Waals surface area contributed by atoms with Gasteiger partial charge in [-0.15, -0.1) is 29.5 Å². The number of carbonyl (C=O) groups is 1. The highest BCUT2D eigenvalue weighted by Crippen LogP contribution is 2.23. The van der Waals surface area contributed by atoms with Gasteiger partial charge in [0.2, 0.25) is 0 Å². The van der Waals surface area contributed by atoms with Crippen LogP contribution in [0.3, 0.4) is 0 Å². The Balaban J connectivity index is 2.15. The highest BCUT2D eigenvalue weighted by Gasteiger charge is 2.15. The second-order valence-electron chi connectivity index (χ2n) is 4.51. The minimum Gasteiger partial charge on any atom is -0.330 e.